The normalized spacial score (nSPS) is 10.4. The molecule has 2 nitrogen and oxygen atoms in total. The summed E-state index contributed by atoms with van der Waals surface area (Å²) in [5.41, 5.74) is 2.36. The maximum Gasteiger partial charge on any atom is 0.0645 e. The Labute approximate surface area is 102 Å². The molecule has 0 spiro atoms. The molecule has 0 unspecified atom stereocenters. The van der Waals surface area contributed by atoms with Crippen molar-refractivity contribution in [2.45, 2.75) is 6.42 Å². The third kappa shape index (κ3) is 2.72. The summed E-state index contributed by atoms with van der Waals surface area (Å²) in [6, 6.07) is 10.3. The average Bonchev–Trinajstić information content (AvgIpc) is 2.90. The summed E-state index contributed by atoms with van der Waals surface area (Å²) in [5, 5.41) is 4.19. The fraction of sp³-hybridized carbons (Fsp3) is 0.133. The van der Waals surface area contributed by atoms with Crippen molar-refractivity contribution in [2.75, 3.05) is 0 Å². The molecule has 0 saturated heterocycles. The Morgan fingerprint density at radius 3 is 2.41 bits per heavy atom. The number of aromatic nitrogens is 2. The lowest BCUT2D eigenvalue weighted by molar-refractivity contribution is 0.807. The Balaban J connectivity index is 2.13. The molecular formula is C15H16N2. The highest BCUT2D eigenvalue weighted by Gasteiger charge is 2.01. The van der Waals surface area contributed by atoms with Crippen molar-refractivity contribution < 1.29 is 0 Å². The molecule has 1 aromatic heterocycles. The highest BCUT2D eigenvalue weighted by molar-refractivity contribution is 5.34. The first-order valence-electron chi connectivity index (χ1n) is 5.67. The van der Waals surface area contributed by atoms with Crippen molar-refractivity contribution in [1.82, 2.24) is 9.78 Å². The van der Waals surface area contributed by atoms with Gasteiger partial charge in [-0.3, -0.25) is 0 Å². The Morgan fingerprint density at radius 2 is 1.88 bits per heavy atom. The number of hydrogen-bond donors (Lipinski definition) is 0. The van der Waals surface area contributed by atoms with Gasteiger partial charge in [0, 0.05) is 12.4 Å². The highest BCUT2D eigenvalue weighted by atomic mass is 15.3. The molecule has 0 amide bonds. The van der Waals surface area contributed by atoms with E-state index in [1.807, 2.05) is 29.1 Å². The van der Waals surface area contributed by atoms with E-state index >= 15 is 0 Å². The zero-order chi connectivity index (χ0) is 12.1. The van der Waals surface area contributed by atoms with Crippen molar-refractivity contribution in [3.05, 3.63) is 73.6 Å². The molecule has 0 bridgehead atoms. The van der Waals surface area contributed by atoms with Gasteiger partial charge in [0.25, 0.3) is 0 Å². The van der Waals surface area contributed by atoms with Gasteiger partial charge in [0.1, 0.15) is 0 Å². The van der Waals surface area contributed by atoms with Gasteiger partial charge >= 0.3 is 0 Å². The number of nitrogens with zero attached hydrogens (tertiary/aromatic N) is 2. The van der Waals surface area contributed by atoms with Crippen molar-refractivity contribution in [1.29, 1.82) is 0 Å². The molecule has 0 radical (unpaired) electrons. The number of allylic oxidation sites excluding steroid dienone is 2. The lowest BCUT2D eigenvalue weighted by Gasteiger charge is -2.08. The van der Waals surface area contributed by atoms with Crippen molar-refractivity contribution >= 4 is 0 Å². The van der Waals surface area contributed by atoms with E-state index < -0.39 is 0 Å². The van der Waals surface area contributed by atoms with Gasteiger partial charge in [-0.2, -0.15) is 5.10 Å². The molecule has 1 aromatic carbocycles. The van der Waals surface area contributed by atoms with Crippen LogP contribution >= 0.6 is 0 Å². The van der Waals surface area contributed by atoms with Crippen LogP contribution in [0.25, 0.3) is 5.69 Å². The van der Waals surface area contributed by atoms with Crippen LogP contribution in [0.4, 0.5) is 0 Å². The number of hydrogen-bond acceptors (Lipinski definition) is 1. The van der Waals surface area contributed by atoms with E-state index in [0.717, 1.165) is 12.1 Å². The van der Waals surface area contributed by atoms with Crippen molar-refractivity contribution in [3.63, 3.8) is 0 Å². The van der Waals surface area contributed by atoms with E-state index in [2.05, 4.69) is 42.5 Å². The Bertz CT molecular complexity index is 472. The molecule has 0 fully saturated rings. The average molecular weight is 224 g/mol. The number of rotatable bonds is 5. The molecule has 0 N–H and O–H groups in total. The maximum atomic E-state index is 4.19. The van der Waals surface area contributed by atoms with E-state index in [1.165, 1.54) is 5.56 Å². The van der Waals surface area contributed by atoms with Gasteiger partial charge in [-0.05, 0) is 36.1 Å². The van der Waals surface area contributed by atoms with Crippen LogP contribution in [-0.2, 0) is 6.42 Å². The molecule has 0 aliphatic heterocycles. The Hall–Kier alpha value is -2.09. The van der Waals surface area contributed by atoms with Crippen LogP contribution in [0.5, 0.6) is 0 Å². The minimum atomic E-state index is 0.338. The minimum absolute atomic E-state index is 0.338. The Kier molecular flexibility index (Phi) is 3.55. The van der Waals surface area contributed by atoms with Crippen molar-refractivity contribution in [3.8, 4) is 5.69 Å². The molecule has 2 heteroatoms. The fourth-order valence-corrected chi connectivity index (χ4v) is 1.74. The zero-order valence-electron chi connectivity index (χ0n) is 9.79. The summed E-state index contributed by atoms with van der Waals surface area (Å²) in [5.74, 6) is 0.338. The molecule has 2 aromatic rings. The van der Waals surface area contributed by atoms with Gasteiger partial charge in [0.2, 0.25) is 0 Å². The predicted molar refractivity (Wildman–Crippen MR) is 71.2 cm³/mol. The van der Waals surface area contributed by atoms with Crippen molar-refractivity contribution in [2.24, 2.45) is 5.92 Å². The van der Waals surface area contributed by atoms with Crippen LogP contribution in [0.3, 0.4) is 0 Å². The van der Waals surface area contributed by atoms with E-state index in [9.17, 15) is 0 Å². The zero-order valence-corrected chi connectivity index (χ0v) is 9.79. The summed E-state index contributed by atoms with van der Waals surface area (Å²) in [7, 11) is 0. The van der Waals surface area contributed by atoms with E-state index in [-0.39, 0.29) is 0 Å². The van der Waals surface area contributed by atoms with Gasteiger partial charge in [-0.15, -0.1) is 13.2 Å². The first kappa shape index (κ1) is 11.4. The van der Waals surface area contributed by atoms with Gasteiger partial charge in [0.15, 0.2) is 0 Å². The predicted octanol–water partition coefficient (Wildman–Crippen LogP) is 3.40. The molecule has 0 saturated carbocycles. The summed E-state index contributed by atoms with van der Waals surface area (Å²) in [6.07, 6.45) is 8.51. The molecule has 0 atom stereocenters. The molecule has 2 rings (SSSR count). The molecule has 1 heterocycles. The van der Waals surface area contributed by atoms with Crippen LogP contribution in [0.2, 0.25) is 0 Å². The second-order valence-electron chi connectivity index (χ2n) is 3.96. The summed E-state index contributed by atoms with van der Waals surface area (Å²) in [4.78, 5) is 0. The SMILES string of the molecule is C=CC(C=C)Cc1ccc(-n2cccn2)cc1. The smallest absolute Gasteiger partial charge is 0.0645 e. The number of benzene rings is 1. The molecular weight excluding hydrogens is 208 g/mol. The minimum Gasteiger partial charge on any atom is -0.241 e. The monoisotopic (exact) mass is 224 g/mol. The van der Waals surface area contributed by atoms with Gasteiger partial charge < -0.3 is 0 Å². The summed E-state index contributed by atoms with van der Waals surface area (Å²) >= 11 is 0. The summed E-state index contributed by atoms with van der Waals surface area (Å²) < 4.78 is 1.85. The first-order valence-corrected chi connectivity index (χ1v) is 5.67. The van der Waals surface area contributed by atoms with Crippen LogP contribution < -0.4 is 0 Å². The van der Waals surface area contributed by atoms with E-state index in [1.54, 1.807) is 6.20 Å². The maximum absolute atomic E-state index is 4.19. The lowest BCUT2D eigenvalue weighted by atomic mass is 9.99. The summed E-state index contributed by atoms with van der Waals surface area (Å²) in [6.45, 7) is 7.60. The molecule has 0 aliphatic carbocycles. The van der Waals surface area contributed by atoms with Crippen LogP contribution in [0.15, 0.2) is 68.0 Å². The third-order valence-corrected chi connectivity index (χ3v) is 2.78. The second-order valence-corrected chi connectivity index (χ2v) is 3.96. The van der Waals surface area contributed by atoms with Gasteiger partial charge in [0.05, 0.1) is 5.69 Å². The fourth-order valence-electron chi connectivity index (χ4n) is 1.74. The second kappa shape index (κ2) is 5.30. The molecule has 17 heavy (non-hydrogen) atoms. The highest BCUT2D eigenvalue weighted by Crippen LogP contribution is 2.13. The largest absolute Gasteiger partial charge is 0.241 e. The van der Waals surface area contributed by atoms with Crippen LogP contribution in [-0.4, -0.2) is 9.78 Å². The van der Waals surface area contributed by atoms with E-state index in [0.29, 0.717) is 5.92 Å². The van der Waals surface area contributed by atoms with E-state index in [4.69, 9.17) is 0 Å². The first-order chi connectivity index (χ1) is 8.33. The van der Waals surface area contributed by atoms with Crippen LogP contribution in [0.1, 0.15) is 5.56 Å². The standard InChI is InChI=1S/C15H16N2/c1-3-13(4-2)12-14-6-8-15(9-7-14)17-11-5-10-16-17/h3-11,13H,1-2,12H2. The lowest BCUT2D eigenvalue weighted by Crippen LogP contribution is -1.98. The Morgan fingerprint density at radius 1 is 1.18 bits per heavy atom. The van der Waals surface area contributed by atoms with Crippen LogP contribution in [0, 0.1) is 5.92 Å². The third-order valence-electron chi connectivity index (χ3n) is 2.78. The molecule has 0 aliphatic rings. The topological polar surface area (TPSA) is 17.8 Å². The van der Waals surface area contributed by atoms with Gasteiger partial charge in [-0.1, -0.05) is 24.3 Å². The molecule has 86 valence electrons. The van der Waals surface area contributed by atoms with Gasteiger partial charge in [-0.25, -0.2) is 4.68 Å². The quantitative estimate of drug-likeness (QED) is 0.712.